The van der Waals surface area contributed by atoms with Gasteiger partial charge in [-0.05, 0) is 36.6 Å². The summed E-state index contributed by atoms with van der Waals surface area (Å²) in [5.74, 6) is 1.42. The molecule has 0 fully saturated rings. The third-order valence-corrected chi connectivity index (χ3v) is 3.50. The summed E-state index contributed by atoms with van der Waals surface area (Å²) in [6.07, 6.45) is 4.15. The summed E-state index contributed by atoms with van der Waals surface area (Å²) in [6.45, 7) is 5.55. The van der Waals surface area contributed by atoms with Crippen LogP contribution in [0.3, 0.4) is 0 Å². The lowest BCUT2D eigenvalue weighted by molar-refractivity contribution is 0.274. The summed E-state index contributed by atoms with van der Waals surface area (Å²) in [5, 5.41) is 9.44. The molecule has 23 heavy (non-hydrogen) atoms. The molecular weight excluding hydrogens is 290 g/mol. The van der Waals surface area contributed by atoms with Crippen LogP contribution in [-0.2, 0) is 0 Å². The third kappa shape index (κ3) is 5.16. The average Bonchev–Trinajstić information content (AvgIpc) is 2.57. The van der Waals surface area contributed by atoms with E-state index in [0.717, 1.165) is 36.8 Å². The van der Waals surface area contributed by atoms with Crippen molar-refractivity contribution in [2.75, 3.05) is 13.2 Å². The van der Waals surface area contributed by atoms with Crippen LogP contribution in [0, 0.1) is 0 Å². The van der Waals surface area contributed by atoms with Gasteiger partial charge in [-0.25, -0.2) is 0 Å². The molecule has 0 saturated heterocycles. The van der Waals surface area contributed by atoms with Crippen LogP contribution in [0.15, 0.2) is 36.4 Å². The Morgan fingerprint density at radius 1 is 0.870 bits per heavy atom. The van der Waals surface area contributed by atoms with Gasteiger partial charge in [0, 0.05) is 11.6 Å². The van der Waals surface area contributed by atoms with Crippen molar-refractivity contribution in [3.8, 4) is 28.6 Å². The predicted molar refractivity (Wildman–Crippen MR) is 92.1 cm³/mol. The monoisotopic (exact) mass is 315 g/mol. The van der Waals surface area contributed by atoms with Crippen LogP contribution in [0.25, 0.3) is 11.1 Å². The van der Waals surface area contributed by atoms with Crippen LogP contribution >= 0.6 is 0 Å². The Bertz CT molecular complexity index is 596. The Hall–Kier alpha value is -2.23. The SMILES string of the molecule is CCCCOc1ccc(-c2ccc(O)cc2)c(OCCCC)n1. The van der Waals surface area contributed by atoms with E-state index >= 15 is 0 Å². The van der Waals surface area contributed by atoms with Gasteiger partial charge in [0.1, 0.15) is 5.75 Å². The Labute approximate surface area is 138 Å². The van der Waals surface area contributed by atoms with Crippen molar-refractivity contribution in [1.82, 2.24) is 4.98 Å². The number of phenolic OH excluding ortho intramolecular Hbond substituents is 1. The molecule has 1 aromatic carbocycles. The molecule has 124 valence electrons. The van der Waals surface area contributed by atoms with Gasteiger partial charge in [0.15, 0.2) is 0 Å². The fraction of sp³-hybridized carbons (Fsp3) is 0.421. The second-order valence-electron chi connectivity index (χ2n) is 5.45. The predicted octanol–water partition coefficient (Wildman–Crippen LogP) is 4.81. The highest BCUT2D eigenvalue weighted by Gasteiger charge is 2.10. The fourth-order valence-corrected chi connectivity index (χ4v) is 2.11. The van der Waals surface area contributed by atoms with Crippen LogP contribution in [-0.4, -0.2) is 23.3 Å². The van der Waals surface area contributed by atoms with E-state index in [4.69, 9.17) is 9.47 Å². The van der Waals surface area contributed by atoms with Gasteiger partial charge in [-0.2, -0.15) is 4.98 Å². The van der Waals surface area contributed by atoms with Crippen LogP contribution in [0.4, 0.5) is 0 Å². The third-order valence-electron chi connectivity index (χ3n) is 3.50. The molecule has 0 aliphatic heterocycles. The van der Waals surface area contributed by atoms with E-state index in [1.54, 1.807) is 12.1 Å². The molecule has 0 unspecified atom stereocenters. The molecule has 0 saturated carbocycles. The minimum atomic E-state index is 0.245. The van der Waals surface area contributed by atoms with E-state index < -0.39 is 0 Å². The number of hydrogen-bond donors (Lipinski definition) is 1. The molecule has 4 nitrogen and oxygen atoms in total. The van der Waals surface area contributed by atoms with Gasteiger partial charge in [-0.15, -0.1) is 0 Å². The zero-order valence-corrected chi connectivity index (χ0v) is 13.9. The van der Waals surface area contributed by atoms with Gasteiger partial charge in [-0.1, -0.05) is 38.8 Å². The van der Waals surface area contributed by atoms with Gasteiger partial charge >= 0.3 is 0 Å². The first-order valence-corrected chi connectivity index (χ1v) is 8.30. The quantitative estimate of drug-likeness (QED) is 0.675. The lowest BCUT2D eigenvalue weighted by Gasteiger charge is -2.13. The van der Waals surface area contributed by atoms with E-state index in [0.29, 0.717) is 25.0 Å². The molecule has 0 radical (unpaired) electrons. The molecule has 2 aromatic rings. The highest BCUT2D eigenvalue weighted by Crippen LogP contribution is 2.31. The zero-order valence-electron chi connectivity index (χ0n) is 13.9. The van der Waals surface area contributed by atoms with E-state index in [-0.39, 0.29) is 5.75 Å². The highest BCUT2D eigenvalue weighted by atomic mass is 16.5. The summed E-state index contributed by atoms with van der Waals surface area (Å²) < 4.78 is 11.5. The molecule has 0 spiro atoms. The summed E-state index contributed by atoms with van der Waals surface area (Å²) in [7, 11) is 0. The zero-order chi connectivity index (χ0) is 16.5. The number of ether oxygens (including phenoxy) is 2. The molecular formula is C19H25NO3. The number of rotatable bonds is 9. The Morgan fingerprint density at radius 3 is 2.17 bits per heavy atom. The smallest absolute Gasteiger partial charge is 0.224 e. The Kier molecular flexibility index (Phi) is 6.73. The molecule has 2 rings (SSSR count). The summed E-state index contributed by atoms with van der Waals surface area (Å²) in [4.78, 5) is 4.51. The van der Waals surface area contributed by atoms with Gasteiger partial charge in [0.2, 0.25) is 11.8 Å². The lowest BCUT2D eigenvalue weighted by Crippen LogP contribution is -2.03. The molecule has 0 aliphatic rings. The van der Waals surface area contributed by atoms with Crippen molar-refractivity contribution in [1.29, 1.82) is 0 Å². The van der Waals surface area contributed by atoms with Gasteiger partial charge < -0.3 is 14.6 Å². The van der Waals surface area contributed by atoms with E-state index in [1.807, 2.05) is 24.3 Å². The van der Waals surface area contributed by atoms with Crippen LogP contribution in [0.1, 0.15) is 39.5 Å². The van der Waals surface area contributed by atoms with E-state index in [2.05, 4.69) is 18.8 Å². The van der Waals surface area contributed by atoms with Crippen molar-refractivity contribution in [3.63, 3.8) is 0 Å². The summed E-state index contributed by atoms with van der Waals surface area (Å²) >= 11 is 0. The number of aromatic nitrogens is 1. The topological polar surface area (TPSA) is 51.6 Å². The Balaban J connectivity index is 2.22. The fourth-order valence-electron chi connectivity index (χ4n) is 2.11. The van der Waals surface area contributed by atoms with Crippen molar-refractivity contribution < 1.29 is 14.6 Å². The van der Waals surface area contributed by atoms with Gasteiger partial charge in [0.05, 0.1) is 13.2 Å². The second-order valence-corrected chi connectivity index (χ2v) is 5.45. The number of nitrogens with zero attached hydrogens (tertiary/aromatic N) is 1. The van der Waals surface area contributed by atoms with Crippen LogP contribution < -0.4 is 9.47 Å². The molecule has 0 atom stereocenters. The van der Waals surface area contributed by atoms with Crippen molar-refractivity contribution in [2.24, 2.45) is 0 Å². The molecule has 1 heterocycles. The highest BCUT2D eigenvalue weighted by molar-refractivity contribution is 5.69. The molecule has 0 aliphatic carbocycles. The van der Waals surface area contributed by atoms with Crippen molar-refractivity contribution >= 4 is 0 Å². The summed E-state index contributed by atoms with van der Waals surface area (Å²) in [5.41, 5.74) is 1.87. The first kappa shape index (κ1) is 17.1. The van der Waals surface area contributed by atoms with Gasteiger partial charge in [-0.3, -0.25) is 0 Å². The molecule has 0 amide bonds. The summed E-state index contributed by atoms with van der Waals surface area (Å²) in [6, 6.07) is 10.9. The maximum atomic E-state index is 9.44. The minimum absolute atomic E-state index is 0.245. The lowest BCUT2D eigenvalue weighted by atomic mass is 10.1. The van der Waals surface area contributed by atoms with Crippen molar-refractivity contribution in [2.45, 2.75) is 39.5 Å². The number of phenols is 1. The number of unbranched alkanes of at least 4 members (excludes halogenated alkanes) is 2. The molecule has 1 aromatic heterocycles. The Morgan fingerprint density at radius 2 is 1.52 bits per heavy atom. The molecule has 4 heteroatoms. The van der Waals surface area contributed by atoms with E-state index in [9.17, 15) is 5.11 Å². The van der Waals surface area contributed by atoms with Crippen LogP contribution in [0.2, 0.25) is 0 Å². The maximum Gasteiger partial charge on any atom is 0.224 e. The second kappa shape index (κ2) is 9.03. The molecule has 0 bridgehead atoms. The van der Waals surface area contributed by atoms with E-state index in [1.165, 1.54) is 0 Å². The minimum Gasteiger partial charge on any atom is -0.508 e. The first-order valence-electron chi connectivity index (χ1n) is 8.30. The molecule has 1 N–H and O–H groups in total. The number of hydrogen-bond acceptors (Lipinski definition) is 4. The van der Waals surface area contributed by atoms with Crippen LogP contribution in [0.5, 0.6) is 17.5 Å². The largest absolute Gasteiger partial charge is 0.508 e. The standard InChI is InChI=1S/C19H25NO3/c1-3-5-13-22-18-12-11-17(15-7-9-16(21)10-8-15)19(20-18)23-14-6-4-2/h7-12,21H,3-6,13-14H2,1-2H3. The number of benzene rings is 1. The first-order chi connectivity index (χ1) is 11.2. The van der Waals surface area contributed by atoms with Crippen molar-refractivity contribution in [3.05, 3.63) is 36.4 Å². The maximum absolute atomic E-state index is 9.44. The number of aromatic hydroxyl groups is 1. The average molecular weight is 315 g/mol. The normalized spacial score (nSPS) is 10.5. The van der Waals surface area contributed by atoms with Gasteiger partial charge in [0.25, 0.3) is 0 Å². The number of pyridine rings is 1.